The van der Waals surface area contributed by atoms with Gasteiger partial charge < -0.3 is 14.5 Å². The summed E-state index contributed by atoms with van der Waals surface area (Å²) in [6.45, 7) is 2.05. The van der Waals surface area contributed by atoms with E-state index in [2.05, 4.69) is 10.1 Å². The SMILES string of the molecule is Cc1cc(CN2Cc3c(c(O)c4ncccc4c3N(C)S(C)(=O)=O)C2=O)on1. The van der Waals surface area contributed by atoms with Gasteiger partial charge in [-0.15, -0.1) is 0 Å². The van der Waals surface area contributed by atoms with Crippen LogP contribution in [0.15, 0.2) is 28.9 Å². The van der Waals surface area contributed by atoms with E-state index in [9.17, 15) is 18.3 Å². The summed E-state index contributed by atoms with van der Waals surface area (Å²) in [7, 11) is -2.19. The van der Waals surface area contributed by atoms with E-state index in [4.69, 9.17) is 4.52 Å². The number of hydrogen-bond acceptors (Lipinski definition) is 7. The number of amides is 1. The molecule has 28 heavy (non-hydrogen) atoms. The molecule has 3 aromatic rings. The maximum absolute atomic E-state index is 13.0. The lowest BCUT2D eigenvalue weighted by Gasteiger charge is -2.22. The fraction of sp³-hybridized carbons (Fsp3) is 0.278. The van der Waals surface area contributed by atoms with Gasteiger partial charge in [-0.25, -0.2) is 8.42 Å². The molecule has 3 heterocycles. The number of phenolic OH excluding ortho intramolecular Hbond substituents is 1. The first-order valence-electron chi connectivity index (χ1n) is 8.46. The molecule has 0 atom stereocenters. The molecule has 0 saturated carbocycles. The summed E-state index contributed by atoms with van der Waals surface area (Å²) < 4.78 is 30.8. The molecule has 2 aromatic heterocycles. The van der Waals surface area contributed by atoms with Gasteiger partial charge in [-0.3, -0.25) is 14.1 Å². The van der Waals surface area contributed by atoms with Crippen LogP contribution in [0, 0.1) is 6.92 Å². The first-order chi connectivity index (χ1) is 13.2. The van der Waals surface area contributed by atoms with Crippen molar-refractivity contribution in [3.05, 3.63) is 47.0 Å². The van der Waals surface area contributed by atoms with Gasteiger partial charge in [-0.1, -0.05) is 5.16 Å². The van der Waals surface area contributed by atoms with Gasteiger partial charge in [0.15, 0.2) is 11.5 Å². The number of aromatic nitrogens is 2. The van der Waals surface area contributed by atoms with Crippen LogP contribution < -0.4 is 4.31 Å². The Kier molecular flexibility index (Phi) is 4.03. The highest BCUT2D eigenvalue weighted by Gasteiger charge is 2.37. The molecule has 1 aromatic carbocycles. The van der Waals surface area contributed by atoms with E-state index in [0.717, 1.165) is 10.6 Å². The van der Waals surface area contributed by atoms with Crippen molar-refractivity contribution in [1.29, 1.82) is 0 Å². The number of fused-ring (bicyclic) bond motifs is 2. The summed E-state index contributed by atoms with van der Waals surface area (Å²) >= 11 is 0. The molecule has 0 bridgehead atoms. The average molecular weight is 402 g/mol. The number of rotatable bonds is 4. The number of anilines is 1. The number of benzene rings is 1. The van der Waals surface area contributed by atoms with Gasteiger partial charge in [0, 0.05) is 36.8 Å². The second kappa shape index (κ2) is 6.20. The molecular formula is C18H18N4O5S. The Morgan fingerprint density at radius 2 is 2.14 bits per heavy atom. The number of carbonyl (C=O) groups excluding carboxylic acids is 1. The molecule has 9 nitrogen and oxygen atoms in total. The third-order valence-electron chi connectivity index (χ3n) is 4.80. The molecule has 1 aliphatic rings. The van der Waals surface area contributed by atoms with E-state index >= 15 is 0 Å². The van der Waals surface area contributed by atoms with Crippen LogP contribution in [-0.2, 0) is 23.1 Å². The quantitative estimate of drug-likeness (QED) is 0.707. The third-order valence-corrected chi connectivity index (χ3v) is 5.97. The number of aromatic hydroxyl groups is 1. The van der Waals surface area contributed by atoms with Crippen molar-refractivity contribution >= 4 is 32.5 Å². The van der Waals surface area contributed by atoms with E-state index < -0.39 is 15.9 Å². The predicted octanol–water partition coefficient (Wildman–Crippen LogP) is 1.79. The summed E-state index contributed by atoms with van der Waals surface area (Å²) in [6.07, 6.45) is 2.56. The van der Waals surface area contributed by atoms with Gasteiger partial charge >= 0.3 is 0 Å². The Balaban J connectivity index is 1.91. The molecule has 1 amide bonds. The number of hydrogen-bond donors (Lipinski definition) is 1. The Labute approximate surface area is 161 Å². The van der Waals surface area contributed by atoms with E-state index in [-0.39, 0.29) is 29.9 Å². The van der Waals surface area contributed by atoms with Crippen LogP contribution in [0.1, 0.15) is 27.4 Å². The fourth-order valence-corrected chi connectivity index (χ4v) is 4.00. The molecule has 146 valence electrons. The lowest BCUT2D eigenvalue weighted by Crippen LogP contribution is -2.26. The van der Waals surface area contributed by atoms with Crippen LogP contribution in [0.25, 0.3) is 10.9 Å². The number of nitrogens with zero attached hydrogens (tertiary/aromatic N) is 4. The Bertz CT molecular complexity index is 1220. The van der Waals surface area contributed by atoms with Crippen LogP contribution in [0.5, 0.6) is 5.75 Å². The summed E-state index contributed by atoms with van der Waals surface area (Å²) in [5.74, 6) is -0.173. The molecule has 1 N–H and O–H groups in total. The zero-order valence-corrected chi connectivity index (χ0v) is 16.3. The Hall–Kier alpha value is -3.14. The summed E-state index contributed by atoms with van der Waals surface area (Å²) in [6, 6.07) is 5.05. The van der Waals surface area contributed by atoms with Gasteiger partial charge in [0.1, 0.15) is 5.52 Å². The summed E-state index contributed by atoms with van der Waals surface area (Å²) in [5.41, 5.74) is 1.70. The number of sulfonamides is 1. The van der Waals surface area contributed by atoms with Crippen LogP contribution in [0.3, 0.4) is 0 Å². The van der Waals surface area contributed by atoms with E-state index in [1.165, 1.54) is 18.1 Å². The van der Waals surface area contributed by atoms with Crippen LogP contribution in [0.4, 0.5) is 5.69 Å². The smallest absolute Gasteiger partial charge is 0.258 e. The van der Waals surface area contributed by atoms with Crippen molar-refractivity contribution < 1.29 is 22.8 Å². The standard InChI is InChI=1S/C18H18N4O5S/c1-10-7-11(27-20-10)8-22-9-13-14(18(22)24)17(23)15-12(5-4-6-19-15)16(13)21(2)28(3,25)26/h4-7,23H,8-9H2,1-3H3. The normalized spacial score (nSPS) is 14.0. The highest BCUT2D eigenvalue weighted by Crippen LogP contribution is 2.44. The van der Waals surface area contributed by atoms with Crippen molar-refractivity contribution in [2.45, 2.75) is 20.0 Å². The molecule has 0 unspecified atom stereocenters. The zero-order chi connectivity index (χ0) is 20.2. The highest BCUT2D eigenvalue weighted by atomic mass is 32.2. The number of aryl methyl sites for hydroxylation is 1. The first kappa shape index (κ1) is 18.2. The van der Waals surface area contributed by atoms with Crippen LogP contribution >= 0.6 is 0 Å². The van der Waals surface area contributed by atoms with Crippen molar-refractivity contribution in [1.82, 2.24) is 15.0 Å². The van der Waals surface area contributed by atoms with Crippen molar-refractivity contribution in [2.75, 3.05) is 17.6 Å². The molecule has 1 aliphatic heterocycles. The van der Waals surface area contributed by atoms with E-state index in [1.54, 1.807) is 25.1 Å². The largest absolute Gasteiger partial charge is 0.505 e. The molecule has 0 aliphatic carbocycles. The lowest BCUT2D eigenvalue weighted by molar-refractivity contribution is 0.0749. The first-order valence-corrected chi connectivity index (χ1v) is 10.3. The van der Waals surface area contributed by atoms with Gasteiger partial charge in [0.05, 0.1) is 29.7 Å². The van der Waals surface area contributed by atoms with E-state index in [1.807, 2.05) is 0 Å². The lowest BCUT2D eigenvalue weighted by atomic mass is 10.0. The summed E-state index contributed by atoms with van der Waals surface area (Å²) in [4.78, 5) is 18.6. The van der Waals surface area contributed by atoms with Gasteiger partial charge in [-0.05, 0) is 19.1 Å². The molecule has 0 saturated heterocycles. The monoisotopic (exact) mass is 402 g/mol. The Morgan fingerprint density at radius 1 is 1.39 bits per heavy atom. The topological polar surface area (TPSA) is 117 Å². The van der Waals surface area contributed by atoms with Crippen molar-refractivity contribution in [3.63, 3.8) is 0 Å². The molecule has 0 radical (unpaired) electrons. The third kappa shape index (κ3) is 2.76. The second-order valence-corrected chi connectivity index (χ2v) is 8.79. The molecule has 0 spiro atoms. The molecule has 4 rings (SSSR count). The predicted molar refractivity (Wildman–Crippen MR) is 101 cm³/mol. The maximum Gasteiger partial charge on any atom is 0.258 e. The molecule has 10 heteroatoms. The molecular weight excluding hydrogens is 384 g/mol. The minimum atomic E-state index is -3.61. The van der Waals surface area contributed by atoms with Crippen molar-refractivity contribution in [3.8, 4) is 5.75 Å². The summed E-state index contributed by atoms with van der Waals surface area (Å²) in [5, 5.41) is 15.0. The second-order valence-electron chi connectivity index (χ2n) is 6.78. The van der Waals surface area contributed by atoms with Gasteiger partial charge in [0.25, 0.3) is 5.91 Å². The minimum Gasteiger partial charge on any atom is -0.505 e. The zero-order valence-electron chi connectivity index (χ0n) is 15.5. The van der Waals surface area contributed by atoms with Gasteiger partial charge in [-0.2, -0.15) is 0 Å². The minimum absolute atomic E-state index is 0.0629. The highest BCUT2D eigenvalue weighted by molar-refractivity contribution is 7.92. The van der Waals surface area contributed by atoms with Crippen LogP contribution in [-0.4, -0.2) is 47.8 Å². The average Bonchev–Trinajstić information content (AvgIpc) is 3.18. The number of pyridine rings is 1. The van der Waals surface area contributed by atoms with Gasteiger partial charge in [0.2, 0.25) is 10.0 Å². The molecule has 0 fully saturated rings. The number of carbonyl (C=O) groups is 1. The van der Waals surface area contributed by atoms with Crippen molar-refractivity contribution in [2.24, 2.45) is 0 Å². The number of phenols is 1. The fourth-order valence-electron chi connectivity index (χ4n) is 3.46. The Morgan fingerprint density at radius 3 is 2.79 bits per heavy atom. The van der Waals surface area contributed by atoms with E-state index in [0.29, 0.717) is 28.1 Å². The van der Waals surface area contributed by atoms with Crippen LogP contribution in [0.2, 0.25) is 0 Å². The maximum atomic E-state index is 13.0.